The number of fused-ring (bicyclic) bond motifs is 1. The lowest BCUT2D eigenvalue weighted by Gasteiger charge is -2.27. The number of benzene rings is 3. The summed E-state index contributed by atoms with van der Waals surface area (Å²) in [5.41, 5.74) is 7.79. The van der Waals surface area contributed by atoms with E-state index in [1.807, 2.05) is 35.8 Å². The Morgan fingerprint density at radius 3 is 2.65 bits per heavy atom. The van der Waals surface area contributed by atoms with Crippen molar-refractivity contribution in [3.05, 3.63) is 83.4 Å². The molecule has 0 saturated carbocycles. The molecule has 31 heavy (non-hydrogen) atoms. The molecule has 1 saturated heterocycles. The average molecular weight is 428 g/mol. The highest BCUT2D eigenvalue weighted by atomic mass is 32.1. The van der Waals surface area contributed by atoms with E-state index in [2.05, 4.69) is 51.6 Å². The SMILES string of the molecule is O=C(Nc1ccc2scnc2c1)c1ccc(-c2ccccc2)c(CN2CCCCC2)c1. The predicted octanol–water partition coefficient (Wildman–Crippen LogP) is 6.20. The predicted molar refractivity (Wildman–Crippen MR) is 129 cm³/mol. The van der Waals surface area contributed by atoms with Crippen LogP contribution in [0.5, 0.6) is 0 Å². The lowest BCUT2D eigenvalue weighted by molar-refractivity contribution is 0.102. The second kappa shape index (κ2) is 9.00. The fraction of sp³-hybridized carbons (Fsp3) is 0.231. The largest absolute Gasteiger partial charge is 0.322 e. The van der Waals surface area contributed by atoms with Gasteiger partial charge in [0, 0.05) is 17.8 Å². The van der Waals surface area contributed by atoms with Gasteiger partial charge in [0.25, 0.3) is 5.91 Å². The monoisotopic (exact) mass is 427 g/mol. The zero-order valence-electron chi connectivity index (χ0n) is 17.4. The second-order valence-corrected chi connectivity index (χ2v) is 8.95. The molecular formula is C26H25N3OS. The molecular weight excluding hydrogens is 402 g/mol. The van der Waals surface area contributed by atoms with Crippen molar-refractivity contribution in [2.45, 2.75) is 25.8 Å². The number of carbonyl (C=O) groups is 1. The Bertz CT molecular complexity index is 1200. The first-order valence-corrected chi connectivity index (χ1v) is 11.7. The van der Waals surface area contributed by atoms with Gasteiger partial charge in [-0.2, -0.15) is 0 Å². The van der Waals surface area contributed by atoms with Gasteiger partial charge in [-0.25, -0.2) is 4.98 Å². The van der Waals surface area contributed by atoms with Gasteiger partial charge in [-0.1, -0.05) is 42.8 Å². The molecule has 0 atom stereocenters. The first-order chi connectivity index (χ1) is 15.3. The fourth-order valence-electron chi connectivity index (χ4n) is 4.26. The van der Waals surface area contributed by atoms with Crippen LogP contribution in [0.15, 0.2) is 72.2 Å². The number of rotatable bonds is 5. The zero-order valence-corrected chi connectivity index (χ0v) is 18.2. The van der Waals surface area contributed by atoms with E-state index in [4.69, 9.17) is 0 Å². The number of anilines is 1. The standard InChI is InChI=1S/C26H25N3OS/c30-26(28-22-10-12-25-24(16-22)27-18-31-25)20-9-11-23(19-7-3-1-4-8-19)21(15-20)17-29-13-5-2-6-14-29/h1,3-4,7-12,15-16,18H,2,5-6,13-14,17H2,(H,28,30). The van der Waals surface area contributed by atoms with E-state index < -0.39 is 0 Å². The summed E-state index contributed by atoms with van der Waals surface area (Å²) in [5, 5.41) is 3.04. The highest BCUT2D eigenvalue weighted by Crippen LogP contribution is 2.28. The summed E-state index contributed by atoms with van der Waals surface area (Å²) in [7, 11) is 0. The Labute approximate surface area is 186 Å². The summed E-state index contributed by atoms with van der Waals surface area (Å²) >= 11 is 1.60. The molecule has 3 aromatic carbocycles. The molecule has 4 aromatic rings. The van der Waals surface area contributed by atoms with Crippen LogP contribution in [0, 0.1) is 0 Å². The minimum Gasteiger partial charge on any atom is -0.322 e. The van der Waals surface area contributed by atoms with Gasteiger partial charge >= 0.3 is 0 Å². The molecule has 0 unspecified atom stereocenters. The highest BCUT2D eigenvalue weighted by Gasteiger charge is 2.16. The molecule has 5 rings (SSSR count). The molecule has 5 heteroatoms. The molecule has 1 amide bonds. The number of piperidine rings is 1. The van der Waals surface area contributed by atoms with Gasteiger partial charge in [0.1, 0.15) is 0 Å². The molecule has 156 valence electrons. The normalized spacial score (nSPS) is 14.6. The van der Waals surface area contributed by atoms with Crippen molar-refractivity contribution in [3.8, 4) is 11.1 Å². The van der Waals surface area contributed by atoms with Crippen LogP contribution in [0.2, 0.25) is 0 Å². The molecule has 0 bridgehead atoms. The van der Waals surface area contributed by atoms with Gasteiger partial charge in [-0.3, -0.25) is 9.69 Å². The summed E-state index contributed by atoms with van der Waals surface area (Å²) in [6.45, 7) is 3.12. The van der Waals surface area contributed by atoms with Crippen molar-refractivity contribution in [1.82, 2.24) is 9.88 Å². The van der Waals surface area contributed by atoms with E-state index in [0.717, 1.165) is 35.5 Å². The molecule has 0 spiro atoms. The maximum atomic E-state index is 13.0. The number of thiazole rings is 1. The molecule has 4 nitrogen and oxygen atoms in total. The van der Waals surface area contributed by atoms with Crippen molar-refractivity contribution < 1.29 is 4.79 Å². The first kappa shape index (κ1) is 19.9. The third kappa shape index (κ3) is 4.53. The van der Waals surface area contributed by atoms with Crippen molar-refractivity contribution in [1.29, 1.82) is 0 Å². The van der Waals surface area contributed by atoms with Crippen molar-refractivity contribution in [2.75, 3.05) is 18.4 Å². The number of hydrogen-bond donors (Lipinski definition) is 1. The second-order valence-electron chi connectivity index (χ2n) is 8.06. The number of hydrogen-bond acceptors (Lipinski definition) is 4. The Kier molecular flexibility index (Phi) is 5.78. The Morgan fingerprint density at radius 1 is 0.968 bits per heavy atom. The van der Waals surface area contributed by atoms with Gasteiger partial charge in [0.2, 0.25) is 0 Å². The quantitative estimate of drug-likeness (QED) is 0.412. The third-order valence-electron chi connectivity index (χ3n) is 5.88. The van der Waals surface area contributed by atoms with Crippen LogP contribution >= 0.6 is 11.3 Å². The molecule has 1 N–H and O–H groups in total. The summed E-state index contributed by atoms with van der Waals surface area (Å²) < 4.78 is 1.12. The molecule has 1 aliphatic heterocycles. The highest BCUT2D eigenvalue weighted by molar-refractivity contribution is 7.16. The smallest absolute Gasteiger partial charge is 0.255 e. The van der Waals surface area contributed by atoms with E-state index in [-0.39, 0.29) is 5.91 Å². The number of amides is 1. The molecule has 2 heterocycles. The van der Waals surface area contributed by atoms with Crippen LogP contribution in [0.1, 0.15) is 35.2 Å². The Balaban J connectivity index is 1.43. The lowest BCUT2D eigenvalue weighted by atomic mass is 9.96. The molecule has 1 aromatic heterocycles. The van der Waals surface area contributed by atoms with E-state index >= 15 is 0 Å². The summed E-state index contributed by atoms with van der Waals surface area (Å²) in [4.78, 5) is 19.9. The number of nitrogens with zero attached hydrogens (tertiary/aromatic N) is 2. The van der Waals surface area contributed by atoms with E-state index in [9.17, 15) is 4.79 Å². The van der Waals surface area contributed by atoms with Gasteiger partial charge in [-0.05, 0) is 73.0 Å². The first-order valence-electron chi connectivity index (χ1n) is 10.8. The zero-order chi connectivity index (χ0) is 21.0. The van der Waals surface area contributed by atoms with Crippen LogP contribution in [-0.4, -0.2) is 28.9 Å². The van der Waals surface area contributed by atoms with Crippen LogP contribution < -0.4 is 5.32 Å². The van der Waals surface area contributed by atoms with Crippen molar-refractivity contribution >= 4 is 33.1 Å². The fourth-order valence-corrected chi connectivity index (χ4v) is 4.92. The van der Waals surface area contributed by atoms with Gasteiger partial charge in [0.15, 0.2) is 0 Å². The number of nitrogens with one attached hydrogen (secondary N) is 1. The Morgan fingerprint density at radius 2 is 1.81 bits per heavy atom. The van der Waals surface area contributed by atoms with Crippen LogP contribution in [-0.2, 0) is 6.54 Å². The number of likely N-dealkylation sites (tertiary alicyclic amines) is 1. The maximum absolute atomic E-state index is 13.0. The topological polar surface area (TPSA) is 45.2 Å². The number of carbonyl (C=O) groups excluding carboxylic acids is 1. The van der Waals surface area contributed by atoms with Gasteiger partial charge < -0.3 is 5.32 Å². The maximum Gasteiger partial charge on any atom is 0.255 e. The number of aromatic nitrogens is 1. The lowest BCUT2D eigenvalue weighted by Crippen LogP contribution is -2.29. The minimum absolute atomic E-state index is 0.0888. The summed E-state index contributed by atoms with van der Waals surface area (Å²) in [6, 6.07) is 22.4. The van der Waals surface area contributed by atoms with Gasteiger partial charge in [0.05, 0.1) is 15.7 Å². The summed E-state index contributed by atoms with van der Waals surface area (Å²) in [6.07, 6.45) is 3.81. The average Bonchev–Trinajstić information content (AvgIpc) is 3.28. The van der Waals surface area contributed by atoms with Crippen LogP contribution in [0.25, 0.3) is 21.3 Å². The van der Waals surface area contributed by atoms with Crippen molar-refractivity contribution in [3.63, 3.8) is 0 Å². The van der Waals surface area contributed by atoms with E-state index in [0.29, 0.717) is 5.56 Å². The molecule has 1 aliphatic rings. The van der Waals surface area contributed by atoms with E-state index in [1.54, 1.807) is 11.3 Å². The van der Waals surface area contributed by atoms with Gasteiger partial charge in [-0.15, -0.1) is 11.3 Å². The van der Waals surface area contributed by atoms with Crippen LogP contribution in [0.4, 0.5) is 5.69 Å². The molecule has 1 fully saturated rings. The van der Waals surface area contributed by atoms with Crippen molar-refractivity contribution in [2.24, 2.45) is 0 Å². The molecule has 0 radical (unpaired) electrons. The van der Waals surface area contributed by atoms with Crippen LogP contribution in [0.3, 0.4) is 0 Å². The summed E-state index contributed by atoms with van der Waals surface area (Å²) in [5.74, 6) is -0.0888. The Hall–Kier alpha value is -3.02. The third-order valence-corrected chi connectivity index (χ3v) is 6.69. The van der Waals surface area contributed by atoms with E-state index in [1.165, 1.54) is 36.0 Å². The molecule has 0 aliphatic carbocycles. The minimum atomic E-state index is -0.0888.